The number of ether oxygens (including phenoxy) is 1. The van der Waals surface area contributed by atoms with Gasteiger partial charge in [0.25, 0.3) is 5.56 Å². The first-order valence-electron chi connectivity index (χ1n) is 10.2. The van der Waals surface area contributed by atoms with Gasteiger partial charge in [-0.15, -0.1) is 0 Å². The zero-order valence-electron chi connectivity index (χ0n) is 17.7. The van der Waals surface area contributed by atoms with Gasteiger partial charge in [0.2, 0.25) is 0 Å². The first kappa shape index (κ1) is 22.7. The van der Waals surface area contributed by atoms with Crippen molar-refractivity contribution in [1.29, 1.82) is 0 Å². The van der Waals surface area contributed by atoms with Crippen molar-refractivity contribution < 1.29 is 9.53 Å². The molecule has 1 aliphatic rings. The Morgan fingerprint density at radius 2 is 2.19 bits per heavy atom. The molecule has 0 amide bonds. The van der Waals surface area contributed by atoms with Crippen LogP contribution in [0.2, 0.25) is 5.02 Å². The van der Waals surface area contributed by atoms with Gasteiger partial charge in [-0.25, -0.2) is 9.97 Å². The predicted molar refractivity (Wildman–Crippen MR) is 135 cm³/mol. The standard InChI is InChI=1S/C23H22ClIN4O3/c1-13(30)12-32-20-10-15-9-17(7-8-19(15)29(2)23(20)31)27-22-18(24)11-26-21(28-22)14-3-5-16(25)6-4-14/h3,7-11,16H,4-6,12H2,1-2H3,(H,26,27,28). The molecule has 2 heterocycles. The molecule has 4 rings (SSSR count). The van der Waals surface area contributed by atoms with Crippen molar-refractivity contribution in [1.82, 2.24) is 14.5 Å². The van der Waals surface area contributed by atoms with Crippen LogP contribution in [-0.2, 0) is 11.8 Å². The van der Waals surface area contributed by atoms with Gasteiger partial charge < -0.3 is 14.6 Å². The quantitative estimate of drug-likeness (QED) is 0.333. The number of Topliss-reactive ketones (excluding diaryl/α,β-unsaturated/α-hetero) is 1. The van der Waals surface area contributed by atoms with Gasteiger partial charge >= 0.3 is 0 Å². The zero-order valence-corrected chi connectivity index (χ0v) is 20.6. The van der Waals surface area contributed by atoms with E-state index in [1.54, 1.807) is 19.3 Å². The SMILES string of the molecule is CC(=O)COc1cc2cc(Nc3nc(C4=CCC(I)CC4)ncc3Cl)ccc2n(C)c1=O. The van der Waals surface area contributed by atoms with E-state index >= 15 is 0 Å². The number of ketones is 1. The normalized spacial score (nSPS) is 16.0. The number of alkyl halides is 1. The summed E-state index contributed by atoms with van der Waals surface area (Å²) in [4.78, 5) is 32.8. The van der Waals surface area contributed by atoms with E-state index in [2.05, 4.69) is 44.0 Å². The summed E-state index contributed by atoms with van der Waals surface area (Å²) in [5.41, 5.74) is 2.34. The number of hydrogen-bond acceptors (Lipinski definition) is 6. The fourth-order valence-corrected chi connectivity index (χ4v) is 4.27. The average Bonchev–Trinajstić information content (AvgIpc) is 2.77. The summed E-state index contributed by atoms with van der Waals surface area (Å²) < 4.78 is 7.56. The summed E-state index contributed by atoms with van der Waals surface area (Å²) in [7, 11) is 1.67. The maximum atomic E-state index is 12.5. The van der Waals surface area contributed by atoms with Crippen LogP contribution in [-0.4, -0.2) is 30.8 Å². The molecule has 0 saturated carbocycles. The lowest BCUT2D eigenvalue weighted by Crippen LogP contribution is -2.21. The Labute approximate surface area is 204 Å². The van der Waals surface area contributed by atoms with Crippen molar-refractivity contribution in [2.24, 2.45) is 7.05 Å². The van der Waals surface area contributed by atoms with Crippen LogP contribution < -0.4 is 15.6 Å². The van der Waals surface area contributed by atoms with E-state index in [0.29, 0.717) is 20.6 Å². The smallest absolute Gasteiger partial charge is 0.293 e. The van der Waals surface area contributed by atoms with Crippen molar-refractivity contribution >= 4 is 68.0 Å². The average molecular weight is 565 g/mol. The third-order valence-electron chi connectivity index (χ3n) is 5.26. The molecule has 32 heavy (non-hydrogen) atoms. The second-order valence-electron chi connectivity index (χ2n) is 7.75. The molecule has 1 unspecified atom stereocenters. The molecule has 2 aromatic heterocycles. The fraction of sp³-hybridized carbons (Fsp3) is 0.304. The maximum absolute atomic E-state index is 12.5. The lowest BCUT2D eigenvalue weighted by Gasteiger charge is -2.17. The van der Waals surface area contributed by atoms with Gasteiger partial charge in [-0.2, -0.15) is 0 Å². The number of aromatic nitrogens is 3. The van der Waals surface area contributed by atoms with Crippen molar-refractivity contribution in [3.8, 4) is 5.75 Å². The Morgan fingerprint density at radius 1 is 1.38 bits per heavy atom. The molecular weight excluding hydrogens is 543 g/mol. The fourth-order valence-electron chi connectivity index (χ4n) is 3.57. The predicted octanol–water partition coefficient (Wildman–Crippen LogP) is 5.06. The van der Waals surface area contributed by atoms with E-state index < -0.39 is 0 Å². The monoisotopic (exact) mass is 564 g/mol. The highest BCUT2D eigenvalue weighted by molar-refractivity contribution is 14.1. The second-order valence-corrected chi connectivity index (χ2v) is 9.92. The number of hydrogen-bond donors (Lipinski definition) is 1. The number of anilines is 2. The minimum absolute atomic E-state index is 0.132. The number of nitrogens with zero attached hydrogens (tertiary/aromatic N) is 3. The van der Waals surface area contributed by atoms with Crippen LogP contribution in [0.25, 0.3) is 16.5 Å². The highest BCUT2D eigenvalue weighted by Gasteiger charge is 2.16. The Hall–Kier alpha value is -2.46. The number of benzene rings is 1. The molecule has 166 valence electrons. The number of rotatable bonds is 6. The van der Waals surface area contributed by atoms with Crippen molar-refractivity contribution in [3.63, 3.8) is 0 Å². The first-order valence-corrected chi connectivity index (χ1v) is 11.8. The van der Waals surface area contributed by atoms with Gasteiger partial charge in [0, 0.05) is 22.0 Å². The number of halogens is 2. The van der Waals surface area contributed by atoms with Gasteiger partial charge in [0.15, 0.2) is 23.2 Å². The molecule has 0 bridgehead atoms. The first-order chi connectivity index (χ1) is 15.3. The molecule has 0 saturated heterocycles. The van der Waals surface area contributed by atoms with Crippen LogP contribution in [0.3, 0.4) is 0 Å². The summed E-state index contributed by atoms with van der Waals surface area (Å²) in [5, 5.41) is 4.46. The van der Waals surface area contributed by atoms with Crippen LogP contribution in [0.4, 0.5) is 11.5 Å². The maximum Gasteiger partial charge on any atom is 0.293 e. The molecule has 1 N–H and O–H groups in total. The van der Waals surface area contributed by atoms with Crippen LogP contribution >= 0.6 is 34.2 Å². The molecule has 1 aliphatic carbocycles. The van der Waals surface area contributed by atoms with Gasteiger partial charge in [0.1, 0.15) is 11.6 Å². The van der Waals surface area contributed by atoms with E-state index in [-0.39, 0.29) is 23.7 Å². The van der Waals surface area contributed by atoms with Crippen LogP contribution in [0.15, 0.2) is 41.3 Å². The number of fused-ring (bicyclic) bond motifs is 1. The Morgan fingerprint density at radius 3 is 2.91 bits per heavy atom. The van der Waals surface area contributed by atoms with Gasteiger partial charge in [-0.05, 0) is 56.0 Å². The highest BCUT2D eigenvalue weighted by atomic mass is 127. The van der Waals surface area contributed by atoms with Crippen molar-refractivity contribution in [3.05, 3.63) is 57.7 Å². The van der Waals surface area contributed by atoms with E-state index in [0.717, 1.165) is 41.4 Å². The molecule has 0 spiro atoms. The molecule has 1 atom stereocenters. The zero-order chi connectivity index (χ0) is 22.8. The summed E-state index contributed by atoms with van der Waals surface area (Å²) in [5.74, 6) is 1.18. The van der Waals surface area contributed by atoms with Crippen molar-refractivity contribution in [2.75, 3.05) is 11.9 Å². The molecule has 9 heteroatoms. The molecular formula is C23H22ClIN4O3. The molecule has 7 nitrogen and oxygen atoms in total. The van der Waals surface area contributed by atoms with E-state index in [9.17, 15) is 9.59 Å². The third-order valence-corrected chi connectivity index (χ3v) is 6.67. The Kier molecular flexibility index (Phi) is 6.80. The number of carbonyl (C=O) groups excluding carboxylic acids is 1. The van der Waals surface area contributed by atoms with Crippen LogP contribution in [0.5, 0.6) is 5.75 Å². The lowest BCUT2D eigenvalue weighted by molar-refractivity contribution is -0.118. The van der Waals surface area contributed by atoms with Gasteiger partial charge in [-0.1, -0.05) is 40.3 Å². The van der Waals surface area contributed by atoms with Gasteiger partial charge in [-0.3, -0.25) is 9.59 Å². The van der Waals surface area contributed by atoms with E-state index in [1.165, 1.54) is 11.5 Å². The second kappa shape index (κ2) is 9.58. The topological polar surface area (TPSA) is 86.1 Å². The minimum Gasteiger partial charge on any atom is -0.480 e. The third kappa shape index (κ3) is 4.96. The number of aryl methyl sites for hydroxylation is 1. The number of pyridine rings is 1. The van der Waals surface area contributed by atoms with Crippen LogP contribution in [0.1, 0.15) is 32.0 Å². The highest BCUT2D eigenvalue weighted by Crippen LogP contribution is 2.31. The summed E-state index contributed by atoms with van der Waals surface area (Å²) in [6, 6.07) is 7.23. The molecule has 3 aromatic rings. The molecule has 0 radical (unpaired) electrons. The van der Waals surface area contributed by atoms with E-state index in [1.807, 2.05) is 18.2 Å². The van der Waals surface area contributed by atoms with Crippen molar-refractivity contribution in [2.45, 2.75) is 30.1 Å². The molecule has 0 fully saturated rings. The largest absolute Gasteiger partial charge is 0.480 e. The number of nitrogens with one attached hydrogen (secondary N) is 1. The molecule has 0 aliphatic heterocycles. The summed E-state index contributed by atoms with van der Waals surface area (Å²) in [6.45, 7) is 1.27. The van der Waals surface area contributed by atoms with Gasteiger partial charge in [0.05, 0.1) is 11.7 Å². The number of carbonyl (C=O) groups is 1. The summed E-state index contributed by atoms with van der Waals surface area (Å²) >= 11 is 8.83. The Bertz CT molecular complexity index is 1290. The Balaban J connectivity index is 1.66. The lowest BCUT2D eigenvalue weighted by atomic mass is 9.99. The number of allylic oxidation sites excluding steroid dienone is 2. The van der Waals surface area contributed by atoms with E-state index in [4.69, 9.17) is 16.3 Å². The summed E-state index contributed by atoms with van der Waals surface area (Å²) in [6.07, 6.45) is 6.89. The van der Waals surface area contributed by atoms with Crippen LogP contribution in [0, 0.1) is 0 Å². The molecule has 1 aromatic carbocycles. The minimum atomic E-state index is -0.294.